The zero-order valence-corrected chi connectivity index (χ0v) is 8.59. The molecular weight excluding hydrogens is 212 g/mol. The maximum absolute atomic E-state index is 10.1. The second-order valence-electron chi connectivity index (χ2n) is 2.18. The summed E-state index contributed by atoms with van der Waals surface area (Å²) >= 11 is 1.53. The molecule has 0 fully saturated rings. The molecule has 1 rings (SSSR count). The highest BCUT2D eigenvalue weighted by Gasteiger charge is 2.00. The lowest BCUT2D eigenvalue weighted by molar-refractivity contribution is -0.106. The fourth-order valence-corrected chi connectivity index (χ4v) is 1.09. The van der Waals surface area contributed by atoms with Gasteiger partial charge >= 0.3 is 0 Å². The van der Waals surface area contributed by atoms with Crippen molar-refractivity contribution in [1.29, 1.82) is 0 Å². The van der Waals surface area contributed by atoms with Gasteiger partial charge in [-0.2, -0.15) is 8.42 Å². The van der Waals surface area contributed by atoms with Gasteiger partial charge in [0.25, 0.3) is 10.1 Å². The highest BCUT2D eigenvalue weighted by atomic mass is 32.2. The fraction of sp³-hybridized carbons (Fsp3) is 0.286. The number of thioether (sulfide) groups is 1. The molecule has 0 aromatic carbocycles. The molecule has 1 N–H and O–H groups in total. The molecule has 0 spiro atoms. The molecule has 0 bridgehead atoms. The summed E-state index contributed by atoms with van der Waals surface area (Å²) in [5, 5.41) is 1.97. The number of hydrogen-bond donors (Lipinski definition) is 1. The van der Waals surface area contributed by atoms with Crippen LogP contribution < -0.4 is 0 Å². The van der Waals surface area contributed by atoms with Gasteiger partial charge in [-0.05, 0) is 5.41 Å². The van der Waals surface area contributed by atoms with Crippen LogP contribution in [0.3, 0.4) is 0 Å². The quantitative estimate of drug-likeness (QED) is 0.526. The van der Waals surface area contributed by atoms with Gasteiger partial charge in [0.05, 0.1) is 11.5 Å². The van der Waals surface area contributed by atoms with Crippen molar-refractivity contribution in [3.05, 3.63) is 23.6 Å². The van der Waals surface area contributed by atoms with Crippen molar-refractivity contribution in [2.45, 2.75) is 5.25 Å². The van der Waals surface area contributed by atoms with Gasteiger partial charge in [0.15, 0.2) is 0 Å². The number of carbonyl (C=O) groups is 1. The topological polar surface area (TPSA) is 71.4 Å². The number of hydrogen-bond acceptors (Lipinski definition) is 4. The Kier molecular flexibility index (Phi) is 5.68. The van der Waals surface area contributed by atoms with Gasteiger partial charge in [-0.3, -0.25) is 4.55 Å². The van der Waals surface area contributed by atoms with E-state index in [-0.39, 0.29) is 5.25 Å². The molecule has 1 atom stereocenters. The smallest absolute Gasteiger partial charge is 0.261 e. The van der Waals surface area contributed by atoms with Gasteiger partial charge in [0.2, 0.25) is 0 Å². The molecule has 1 aliphatic rings. The molecule has 0 saturated carbocycles. The maximum atomic E-state index is 10.1. The zero-order valence-electron chi connectivity index (χ0n) is 6.95. The van der Waals surface area contributed by atoms with E-state index in [1.165, 1.54) is 11.8 Å². The standard InChI is InChI=1S/C6H6OS.CH4O3S/c7-5-6-3-1-2-4-8-6;1-5(2,3)4/h1-6H;1H3,(H,2,3,4). The summed E-state index contributed by atoms with van der Waals surface area (Å²) in [4.78, 5) is 10.1. The lowest BCUT2D eigenvalue weighted by Crippen LogP contribution is -1.98. The highest BCUT2D eigenvalue weighted by Crippen LogP contribution is 2.15. The Morgan fingerprint density at radius 3 is 2.23 bits per heavy atom. The van der Waals surface area contributed by atoms with E-state index in [0.29, 0.717) is 6.26 Å². The summed E-state index contributed by atoms with van der Waals surface area (Å²) in [6.07, 6.45) is 7.33. The Labute approximate surface area is 81.5 Å². The molecule has 0 aromatic heterocycles. The lowest BCUT2D eigenvalue weighted by Gasteiger charge is -2.00. The first kappa shape index (κ1) is 12.4. The number of carbonyl (C=O) groups excluding carboxylic acids is 1. The van der Waals surface area contributed by atoms with Crippen LogP contribution >= 0.6 is 11.8 Å². The predicted octanol–water partition coefficient (Wildman–Crippen LogP) is 0.875. The van der Waals surface area contributed by atoms with Crippen LogP contribution in [0, 0.1) is 0 Å². The van der Waals surface area contributed by atoms with E-state index in [2.05, 4.69) is 0 Å². The second-order valence-corrected chi connectivity index (χ2v) is 4.74. The van der Waals surface area contributed by atoms with E-state index in [1.807, 2.05) is 23.6 Å². The Bertz CT molecular complexity index is 294. The lowest BCUT2D eigenvalue weighted by atomic mass is 10.4. The van der Waals surface area contributed by atoms with Crippen LogP contribution in [0.15, 0.2) is 23.6 Å². The van der Waals surface area contributed by atoms with E-state index >= 15 is 0 Å². The zero-order chi connectivity index (χ0) is 10.3. The molecule has 0 aliphatic carbocycles. The average molecular weight is 222 g/mol. The summed E-state index contributed by atoms with van der Waals surface area (Å²) < 4.78 is 25.9. The van der Waals surface area contributed by atoms with Crippen molar-refractivity contribution in [3.63, 3.8) is 0 Å². The third-order valence-corrected chi connectivity index (χ3v) is 1.76. The van der Waals surface area contributed by atoms with Crippen LogP contribution in [0.2, 0.25) is 0 Å². The minimum atomic E-state index is -3.67. The van der Waals surface area contributed by atoms with Crippen molar-refractivity contribution >= 4 is 28.2 Å². The van der Waals surface area contributed by atoms with E-state index in [0.717, 1.165) is 6.29 Å². The minimum absolute atomic E-state index is 0.0556. The van der Waals surface area contributed by atoms with Gasteiger partial charge in [0.1, 0.15) is 6.29 Å². The van der Waals surface area contributed by atoms with Crippen LogP contribution in [0.25, 0.3) is 0 Å². The van der Waals surface area contributed by atoms with E-state index in [1.54, 1.807) is 0 Å². The van der Waals surface area contributed by atoms with Gasteiger partial charge in [-0.15, -0.1) is 11.8 Å². The van der Waals surface area contributed by atoms with E-state index < -0.39 is 10.1 Å². The number of allylic oxidation sites excluding steroid dienone is 2. The van der Waals surface area contributed by atoms with Gasteiger partial charge < -0.3 is 4.79 Å². The molecule has 0 aromatic rings. The highest BCUT2D eigenvalue weighted by molar-refractivity contribution is 8.03. The average Bonchev–Trinajstić information content (AvgIpc) is 2.03. The summed E-state index contributed by atoms with van der Waals surface area (Å²) in [5.74, 6) is 0. The molecule has 1 unspecified atom stereocenters. The molecule has 13 heavy (non-hydrogen) atoms. The number of rotatable bonds is 1. The molecule has 0 saturated heterocycles. The monoisotopic (exact) mass is 222 g/mol. The molecule has 0 radical (unpaired) electrons. The summed E-state index contributed by atoms with van der Waals surface area (Å²) in [5.41, 5.74) is 0. The maximum Gasteiger partial charge on any atom is 0.261 e. The van der Waals surface area contributed by atoms with Crippen LogP contribution in [-0.2, 0) is 14.9 Å². The first-order valence-electron chi connectivity index (χ1n) is 3.30. The number of aldehydes is 1. The van der Waals surface area contributed by atoms with Crippen LogP contribution in [0.5, 0.6) is 0 Å². The summed E-state index contributed by atoms with van der Waals surface area (Å²) in [6, 6.07) is 0. The van der Waals surface area contributed by atoms with Crippen molar-refractivity contribution in [3.8, 4) is 0 Å². The predicted molar refractivity (Wildman–Crippen MR) is 53.2 cm³/mol. The van der Waals surface area contributed by atoms with Crippen LogP contribution in [0.4, 0.5) is 0 Å². The van der Waals surface area contributed by atoms with E-state index in [9.17, 15) is 13.2 Å². The first-order valence-corrected chi connectivity index (χ1v) is 6.09. The third kappa shape index (κ3) is 11.4. The molecule has 1 heterocycles. The van der Waals surface area contributed by atoms with Crippen molar-refractivity contribution in [2.24, 2.45) is 0 Å². The van der Waals surface area contributed by atoms with Crippen molar-refractivity contribution in [2.75, 3.05) is 6.26 Å². The fourth-order valence-electron chi connectivity index (χ4n) is 0.478. The Morgan fingerprint density at radius 2 is 2.00 bits per heavy atom. The van der Waals surface area contributed by atoms with Crippen LogP contribution in [0.1, 0.15) is 0 Å². The Hall–Kier alpha value is -0.590. The van der Waals surface area contributed by atoms with E-state index in [4.69, 9.17) is 4.55 Å². The molecule has 0 amide bonds. The SMILES string of the molecule is CS(=O)(=O)O.O=CC1C=CC=CS1. The molecule has 1 aliphatic heterocycles. The second kappa shape index (κ2) is 5.95. The van der Waals surface area contributed by atoms with Crippen molar-refractivity contribution in [1.82, 2.24) is 0 Å². The first-order chi connectivity index (χ1) is 5.93. The normalized spacial score (nSPS) is 20.3. The summed E-state index contributed by atoms with van der Waals surface area (Å²) in [6.45, 7) is 0. The van der Waals surface area contributed by atoms with Gasteiger partial charge in [-0.25, -0.2) is 0 Å². The Morgan fingerprint density at radius 1 is 1.46 bits per heavy atom. The minimum Gasteiger partial charge on any atom is -0.302 e. The van der Waals surface area contributed by atoms with Gasteiger partial charge in [-0.1, -0.05) is 18.2 Å². The molecular formula is C7H10O4S2. The molecule has 6 heteroatoms. The third-order valence-electron chi connectivity index (χ3n) is 0.860. The van der Waals surface area contributed by atoms with Gasteiger partial charge in [0, 0.05) is 0 Å². The largest absolute Gasteiger partial charge is 0.302 e. The molecule has 74 valence electrons. The van der Waals surface area contributed by atoms with Crippen molar-refractivity contribution < 1.29 is 17.8 Å². The van der Waals surface area contributed by atoms with Crippen LogP contribution in [-0.4, -0.2) is 30.8 Å². The molecule has 4 nitrogen and oxygen atoms in total. The Balaban J connectivity index is 0.000000252. The summed E-state index contributed by atoms with van der Waals surface area (Å²) in [7, 11) is -3.67.